The van der Waals surface area contributed by atoms with E-state index < -0.39 is 11.7 Å². The van der Waals surface area contributed by atoms with Crippen LogP contribution in [0.1, 0.15) is 16.2 Å². The molecule has 3 heterocycles. The molecule has 0 fully saturated rings. The molecule has 7 nitrogen and oxygen atoms in total. The maximum Gasteiger partial charge on any atom is 0.293 e. The molecular weight excluding hydrogens is 391 g/mol. The van der Waals surface area contributed by atoms with Crippen molar-refractivity contribution in [1.29, 1.82) is 0 Å². The first-order valence-electron chi connectivity index (χ1n) is 7.72. The van der Waals surface area contributed by atoms with Crippen molar-refractivity contribution in [2.75, 3.05) is 5.32 Å². The molecule has 0 aliphatic rings. The van der Waals surface area contributed by atoms with Crippen LogP contribution in [-0.2, 0) is 5.75 Å². The lowest BCUT2D eigenvalue weighted by atomic mass is 10.2. The third-order valence-corrected chi connectivity index (χ3v) is 5.61. The zero-order chi connectivity index (χ0) is 18.8. The van der Waals surface area contributed by atoms with Gasteiger partial charge < -0.3 is 9.40 Å². The van der Waals surface area contributed by atoms with Crippen LogP contribution in [0.4, 0.5) is 9.52 Å². The van der Waals surface area contributed by atoms with Crippen molar-refractivity contribution in [3.63, 3.8) is 0 Å². The maximum absolute atomic E-state index is 13.9. The van der Waals surface area contributed by atoms with Gasteiger partial charge in [0.05, 0.1) is 11.8 Å². The number of anilines is 1. The van der Waals surface area contributed by atoms with Gasteiger partial charge in [0.15, 0.2) is 15.5 Å². The predicted octanol–water partition coefficient (Wildman–Crippen LogP) is 3.66. The minimum atomic E-state index is -0.477. The number of nitrogens with zero attached hydrogens (tertiary/aromatic N) is 2. The second-order valence-electron chi connectivity index (χ2n) is 5.41. The number of aromatic amines is 1. The van der Waals surface area contributed by atoms with E-state index in [4.69, 9.17) is 4.42 Å². The second kappa shape index (κ2) is 7.33. The molecule has 27 heavy (non-hydrogen) atoms. The Morgan fingerprint density at radius 3 is 3.00 bits per heavy atom. The average Bonchev–Trinajstić information content (AvgIpc) is 3.33. The number of pyridine rings is 1. The van der Waals surface area contributed by atoms with E-state index >= 15 is 0 Å². The monoisotopic (exact) mass is 402 g/mol. The first kappa shape index (κ1) is 17.4. The third kappa shape index (κ3) is 3.76. The molecule has 0 radical (unpaired) electrons. The minimum absolute atomic E-state index is 0.176. The summed E-state index contributed by atoms with van der Waals surface area (Å²) in [4.78, 5) is 27.0. The largest absolute Gasteiger partial charge is 0.459 e. The number of H-pyrrole nitrogens is 1. The van der Waals surface area contributed by atoms with E-state index in [1.54, 1.807) is 18.2 Å². The van der Waals surface area contributed by atoms with Gasteiger partial charge in [-0.1, -0.05) is 29.2 Å². The van der Waals surface area contributed by atoms with Crippen molar-refractivity contribution in [3.8, 4) is 0 Å². The zero-order valence-electron chi connectivity index (χ0n) is 13.6. The average molecular weight is 402 g/mol. The van der Waals surface area contributed by atoms with E-state index in [1.807, 2.05) is 0 Å². The number of hydrogen-bond donors (Lipinski definition) is 2. The summed E-state index contributed by atoms with van der Waals surface area (Å²) in [7, 11) is 0. The van der Waals surface area contributed by atoms with E-state index in [0.717, 1.165) is 0 Å². The highest BCUT2D eigenvalue weighted by molar-refractivity contribution is 8.00. The summed E-state index contributed by atoms with van der Waals surface area (Å²) >= 11 is 2.51. The maximum atomic E-state index is 13.9. The van der Waals surface area contributed by atoms with E-state index in [9.17, 15) is 14.0 Å². The summed E-state index contributed by atoms with van der Waals surface area (Å²) < 4.78 is 19.5. The summed E-state index contributed by atoms with van der Waals surface area (Å²) in [5, 5.41) is 11.1. The number of carbonyl (C=O) groups excluding carboxylic acids is 1. The second-order valence-corrected chi connectivity index (χ2v) is 7.61. The summed E-state index contributed by atoms with van der Waals surface area (Å²) in [6.07, 6.45) is 1.41. The molecule has 1 aromatic carbocycles. The van der Waals surface area contributed by atoms with Gasteiger partial charge in [-0.25, -0.2) is 4.39 Å². The van der Waals surface area contributed by atoms with Crippen molar-refractivity contribution >= 4 is 45.0 Å². The molecule has 0 spiro atoms. The Hall–Kier alpha value is -2.98. The number of aromatic nitrogens is 3. The molecule has 136 valence electrons. The number of benzene rings is 1. The van der Waals surface area contributed by atoms with E-state index in [-0.39, 0.29) is 16.7 Å². The van der Waals surface area contributed by atoms with Crippen LogP contribution in [0.25, 0.3) is 10.9 Å². The fourth-order valence-corrected chi connectivity index (χ4v) is 4.05. The van der Waals surface area contributed by atoms with Gasteiger partial charge in [-0.05, 0) is 24.3 Å². The van der Waals surface area contributed by atoms with Gasteiger partial charge in [-0.15, -0.1) is 10.2 Å². The lowest BCUT2D eigenvalue weighted by molar-refractivity contribution is 0.0996. The van der Waals surface area contributed by atoms with Gasteiger partial charge in [0.2, 0.25) is 5.13 Å². The van der Waals surface area contributed by atoms with Gasteiger partial charge in [0, 0.05) is 22.9 Å². The van der Waals surface area contributed by atoms with Crippen LogP contribution < -0.4 is 10.7 Å². The fraction of sp³-hybridized carbons (Fsp3) is 0.0588. The highest BCUT2D eigenvalue weighted by Crippen LogP contribution is 2.28. The van der Waals surface area contributed by atoms with Crippen LogP contribution in [0.5, 0.6) is 0 Å². The Bertz CT molecular complexity index is 1170. The summed E-state index contributed by atoms with van der Waals surface area (Å²) in [6, 6.07) is 8.97. The number of hydrogen-bond acceptors (Lipinski definition) is 7. The van der Waals surface area contributed by atoms with Crippen LogP contribution in [0.2, 0.25) is 0 Å². The molecule has 10 heteroatoms. The lowest BCUT2D eigenvalue weighted by Gasteiger charge is -2.03. The van der Waals surface area contributed by atoms with Gasteiger partial charge in [0.25, 0.3) is 5.91 Å². The van der Waals surface area contributed by atoms with Crippen LogP contribution in [-0.4, -0.2) is 21.1 Å². The third-order valence-electron chi connectivity index (χ3n) is 3.59. The Morgan fingerprint density at radius 2 is 2.19 bits per heavy atom. The molecule has 0 aliphatic carbocycles. The molecule has 0 saturated carbocycles. The van der Waals surface area contributed by atoms with Gasteiger partial charge in [0.1, 0.15) is 5.82 Å². The van der Waals surface area contributed by atoms with Crippen molar-refractivity contribution in [2.45, 2.75) is 10.1 Å². The first-order valence-corrected chi connectivity index (χ1v) is 9.52. The minimum Gasteiger partial charge on any atom is -0.459 e. The molecule has 4 aromatic rings. The topological polar surface area (TPSA) is 101 Å². The van der Waals surface area contributed by atoms with Crippen molar-refractivity contribution in [1.82, 2.24) is 15.2 Å². The number of carbonyl (C=O) groups is 1. The molecular formula is C17H11FN4O3S2. The number of rotatable bonds is 5. The highest BCUT2D eigenvalue weighted by atomic mass is 32.2. The van der Waals surface area contributed by atoms with Crippen molar-refractivity contribution in [3.05, 3.63) is 70.2 Å². The van der Waals surface area contributed by atoms with E-state index in [0.29, 0.717) is 26.3 Å². The lowest BCUT2D eigenvalue weighted by Crippen LogP contribution is -2.10. The highest BCUT2D eigenvalue weighted by Gasteiger charge is 2.13. The molecule has 0 unspecified atom stereocenters. The number of para-hydroxylation sites is 1. The van der Waals surface area contributed by atoms with E-state index in [1.165, 1.54) is 47.6 Å². The molecule has 0 aliphatic heterocycles. The molecule has 0 atom stereocenters. The number of halogens is 1. The Labute approximate surface area is 159 Å². The van der Waals surface area contributed by atoms with Gasteiger partial charge in [-0.2, -0.15) is 0 Å². The van der Waals surface area contributed by atoms with Crippen LogP contribution in [0.3, 0.4) is 0 Å². The number of thioether (sulfide) groups is 1. The summed E-state index contributed by atoms with van der Waals surface area (Å²) in [6.45, 7) is 0. The molecule has 4 rings (SSSR count). The molecule has 2 N–H and O–H groups in total. The van der Waals surface area contributed by atoms with Crippen LogP contribution in [0.15, 0.2) is 56.2 Å². The Balaban J connectivity index is 1.46. The predicted molar refractivity (Wildman–Crippen MR) is 101 cm³/mol. The number of fused-ring (bicyclic) bond motifs is 1. The molecule has 0 saturated heterocycles. The molecule has 3 aromatic heterocycles. The van der Waals surface area contributed by atoms with Gasteiger partial charge >= 0.3 is 0 Å². The van der Waals surface area contributed by atoms with Crippen LogP contribution >= 0.6 is 23.1 Å². The smallest absolute Gasteiger partial charge is 0.293 e. The van der Waals surface area contributed by atoms with Crippen molar-refractivity contribution in [2.24, 2.45) is 0 Å². The number of furan rings is 1. The number of nitrogens with one attached hydrogen (secondary N) is 2. The van der Waals surface area contributed by atoms with Gasteiger partial charge in [-0.3, -0.25) is 14.9 Å². The Kier molecular flexibility index (Phi) is 4.73. The first-order chi connectivity index (χ1) is 13.1. The SMILES string of the molecule is O=C(Nc1nnc(SCc2cc(=O)c3cccc(F)c3[nH]2)s1)c1ccco1. The van der Waals surface area contributed by atoms with E-state index in [2.05, 4.69) is 20.5 Å². The Morgan fingerprint density at radius 1 is 1.30 bits per heavy atom. The molecule has 1 amide bonds. The fourth-order valence-electron chi connectivity index (χ4n) is 2.39. The summed E-state index contributed by atoms with van der Waals surface area (Å²) in [5.41, 5.74) is 0.505. The van der Waals surface area contributed by atoms with Crippen LogP contribution in [0, 0.1) is 5.82 Å². The normalized spacial score (nSPS) is 11.0. The zero-order valence-corrected chi connectivity index (χ0v) is 15.2. The number of amides is 1. The standard InChI is InChI=1S/C17H11FN4O3S2/c18-11-4-1-3-10-12(23)7-9(19-14(10)11)8-26-17-22-21-16(27-17)20-15(24)13-5-2-6-25-13/h1-7H,8H2,(H,19,23)(H,20,21,24). The quantitative estimate of drug-likeness (QED) is 0.390. The summed E-state index contributed by atoms with van der Waals surface area (Å²) in [5.74, 6) is -0.340. The van der Waals surface area contributed by atoms with Crippen molar-refractivity contribution < 1.29 is 13.6 Å². The molecule has 0 bridgehead atoms.